The number of aromatic nitrogens is 1. The molecule has 1 aromatic heterocycles. The highest BCUT2D eigenvalue weighted by atomic mass is 32.1. The molecular weight excluding hydrogens is 273 g/mol. The highest BCUT2D eigenvalue weighted by molar-refractivity contribution is 7.16. The third kappa shape index (κ3) is 2.58. The summed E-state index contributed by atoms with van der Waals surface area (Å²) in [5.74, 6) is -3.99. The van der Waals surface area contributed by atoms with E-state index in [1.807, 2.05) is 20.8 Å². The normalized spacial score (nSPS) is 11.9. The van der Waals surface area contributed by atoms with Crippen molar-refractivity contribution in [3.05, 3.63) is 34.6 Å². The van der Waals surface area contributed by atoms with Gasteiger partial charge in [0.05, 0.1) is 0 Å². The minimum absolute atomic E-state index is 0.139. The predicted molar refractivity (Wildman–Crippen MR) is 70.5 cm³/mol. The highest BCUT2D eigenvalue weighted by Gasteiger charge is 2.22. The first-order valence-electron chi connectivity index (χ1n) is 5.62. The van der Waals surface area contributed by atoms with Crippen LogP contribution in [0, 0.1) is 17.5 Å². The van der Waals surface area contributed by atoms with Gasteiger partial charge in [0.1, 0.15) is 15.7 Å². The Kier molecular flexibility index (Phi) is 3.30. The second-order valence-corrected chi connectivity index (χ2v) is 6.27. The van der Waals surface area contributed by atoms with Crippen LogP contribution in [0.3, 0.4) is 0 Å². The van der Waals surface area contributed by atoms with Gasteiger partial charge in [0.15, 0.2) is 17.5 Å². The summed E-state index contributed by atoms with van der Waals surface area (Å²) in [7, 11) is 0. The van der Waals surface area contributed by atoms with Crippen LogP contribution in [-0.4, -0.2) is 4.98 Å². The molecule has 2 N–H and O–H groups in total. The van der Waals surface area contributed by atoms with E-state index in [1.54, 1.807) is 0 Å². The molecule has 0 aliphatic heterocycles. The summed E-state index contributed by atoms with van der Waals surface area (Å²) in [5, 5.41) is 1.11. The lowest BCUT2D eigenvalue weighted by Gasteiger charge is -2.13. The van der Waals surface area contributed by atoms with Crippen molar-refractivity contribution in [1.82, 2.24) is 4.98 Å². The average molecular weight is 286 g/mol. The van der Waals surface area contributed by atoms with Gasteiger partial charge in [0.2, 0.25) is 0 Å². The minimum atomic E-state index is -1.49. The maximum Gasteiger partial charge on any atom is 0.194 e. The van der Waals surface area contributed by atoms with E-state index in [4.69, 9.17) is 5.73 Å². The van der Waals surface area contributed by atoms with Crippen LogP contribution in [0.1, 0.15) is 25.8 Å². The van der Waals surface area contributed by atoms with Gasteiger partial charge in [-0.3, -0.25) is 0 Å². The van der Waals surface area contributed by atoms with Crippen molar-refractivity contribution in [3.63, 3.8) is 0 Å². The third-order valence-electron chi connectivity index (χ3n) is 2.55. The number of halogens is 3. The van der Waals surface area contributed by atoms with Crippen LogP contribution < -0.4 is 5.73 Å². The Bertz CT molecular complexity index is 606. The standard InChI is InChI=1S/C13H13F3N2S/c1-13(2,3)12-18-10(11(17)19-12)6-4-7(14)9(16)8(15)5-6/h4-5H,17H2,1-3H3. The molecule has 0 atom stereocenters. The highest BCUT2D eigenvalue weighted by Crippen LogP contribution is 2.36. The van der Waals surface area contributed by atoms with Crippen LogP contribution in [0.25, 0.3) is 11.3 Å². The van der Waals surface area contributed by atoms with Crippen molar-refractivity contribution in [3.8, 4) is 11.3 Å². The number of hydrogen-bond donors (Lipinski definition) is 1. The fraction of sp³-hybridized carbons (Fsp3) is 0.308. The first-order valence-corrected chi connectivity index (χ1v) is 6.43. The monoisotopic (exact) mass is 286 g/mol. The van der Waals surface area contributed by atoms with E-state index in [1.165, 1.54) is 11.3 Å². The van der Waals surface area contributed by atoms with E-state index in [0.717, 1.165) is 17.1 Å². The van der Waals surface area contributed by atoms with Crippen molar-refractivity contribution in [2.24, 2.45) is 0 Å². The fourth-order valence-corrected chi connectivity index (χ4v) is 2.46. The number of nitrogens with two attached hydrogens (primary N) is 1. The molecule has 2 rings (SSSR count). The smallest absolute Gasteiger partial charge is 0.194 e. The Morgan fingerprint density at radius 3 is 2.05 bits per heavy atom. The van der Waals surface area contributed by atoms with Gasteiger partial charge in [-0.1, -0.05) is 20.8 Å². The van der Waals surface area contributed by atoms with Crippen molar-refractivity contribution in [1.29, 1.82) is 0 Å². The SMILES string of the molecule is CC(C)(C)c1nc(-c2cc(F)c(F)c(F)c2)c(N)s1. The molecule has 102 valence electrons. The van der Waals surface area contributed by atoms with E-state index >= 15 is 0 Å². The van der Waals surface area contributed by atoms with E-state index in [0.29, 0.717) is 5.00 Å². The Morgan fingerprint density at radius 1 is 1.11 bits per heavy atom. The molecule has 19 heavy (non-hydrogen) atoms. The molecule has 0 amide bonds. The number of rotatable bonds is 1. The van der Waals surface area contributed by atoms with Crippen molar-refractivity contribution >= 4 is 16.3 Å². The van der Waals surface area contributed by atoms with E-state index < -0.39 is 17.5 Å². The first kappa shape index (κ1) is 13.9. The molecule has 0 aliphatic rings. The van der Waals surface area contributed by atoms with Crippen LogP contribution in [0.4, 0.5) is 18.2 Å². The number of thiazole rings is 1. The lowest BCUT2D eigenvalue weighted by atomic mass is 9.98. The van der Waals surface area contributed by atoms with Gasteiger partial charge in [0.25, 0.3) is 0 Å². The Hall–Kier alpha value is -1.56. The molecular formula is C13H13F3N2S. The van der Waals surface area contributed by atoms with E-state index in [9.17, 15) is 13.2 Å². The average Bonchev–Trinajstić information content (AvgIpc) is 2.67. The predicted octanol–water partition coefficient (Wildman–Crippen LogP) is 4.11. The third-order valence-corrected chi connectivity index (χ3v) is 3.86. The second-order valence-electron chi connectivity index (χ2n) is 5.24. The molecule has 1 aromatic carbocycles. The Balaban J connectivity index is 2.57. The van der Waals surface area contributed by atoms with Gasteiger partial charge in [-0.15, -0.1) is 11.3 Å². The van der Waals surface area contributed by atoms with Crippen molar-refractivity contribution < 1.29 is 13.2 Å². The van der Waals surface area contributed by atoms with Gasteiger partial charge in [-0.25, -0.2) is 18.2 Å². The van der Waals surface area contributed by atoms with Crippen LogP contribution in [0.5, 0.6) is 0 Å². The number of benzene rings is 1. The second kappa shape index (κ2) is 4.52. The lowest BCUT2D eigenvalue weighted by molar-refractivity contribution is 0.447. The summed E-state index contributed by atoms with van der Waals surface area (Å²) in [6.07, 6.45) is 0. The van der Waals surface area contributed by atoms with Gasteiger partial charge in [-0.05, 0) is 12.1 Å². The van der Waals surface area contributed by atoms with Crippen molar-refractivity contribution in [2.75, 3.05) is 5.73 Å². The Labute approximate surface area is 113 Å². The van der Waals surface area contributed by atoms with Crippen molar-refractivity contribution in [2.45, 2.75) is 26.2 Å². The van der Waals surface area contributed by atoms with Crippen LogP contribution in [0.2, 0.25) is 0 Å². The summed E-state index contributed by atoms with van der Waals surface area (Å²) in [5.41, 5.74) is 6.04. The summed E-state index contributed by atoms with van der Waals surface area (Å²) in [6, 6.07) is 1.80. The molecule has 0 fully saturated rings. The quantitative estimate of drug-likeness (QED) is 0.801. The van der Waals surface area contributed by atoms with Crippen LogP contribution in [0.15, 0.2) is 12.1 Å². The summed E-state index contributed by atoms with van der Waals surface area (Å²) >= 11 is 1.26. The number of nitrogen functional groups attached to an aromatic ring is 1. The summed E-state index contributed by atoms with van der Waals surface area (Å²) in [6.45, 7) is 5.88. The molecule has 0 aliphatic carbocycles. The molecule has 0 radical (unpaired) electrons. The van der Waals surface area contributed by atoms with Crippen LogP contribution >= 0.6 is 11.3 Å². The first-order chi connectivity index (χ1) is 8.70. The van der Waals surface area contributed by atoms with Gasteiger partial charge >= 0.3 is 0 Å². The maximum absolute atomic E-state index is 13.2. The van der Waals surface area contributed by atoms with E-state index in [2.05, 4.69) is 4.98 Å². The maximum atomic E-state index is 13.2. The summed E-state index contributed by atoms with van der Waals surface area (Å²) in [4.78, 5) is 4.30. The Morgan fingerprint density at radius 2 is 1.63 bits per heavy atom. The molecule has 6 heteroatoms. The zero-order valence-corrected chi connectivity index (χ0v) is 11.5. The van der Waals surface area contributed by atoms with Gasteiger partial charge in [0, 0.05) is 11.0 Å². The minimum Gasteiger partial charge on any atom is -0.389 e. The molecule has 0 saturated carbocycles. The molecule has 0 unspecified atom stereocenters. The fourth-order valence-electron chi connectivity index (χ4n) is 1.55. The molecule has 1 heterocycles. The van der Waals surface area contributed by atoms with E-state index in [-0.39, 0.29) is 16.7 Å². The zero-order valence-electron chi connectivity index (χ0n) is 10.7. The topological polar surface area (TPSA) is 38.9 Å². The molecule has 0 bridgehead atoms. The van der Waals surface area contributed by atoms with Gasteiger partial charge in [-0.2, -0.15) is 0 Å². The lowest BCUT2D eigenvalue weighted by Crippen LogP contribution is -2.10. The zero-order chi connectivity index (χ0) is 14.4. The number of hydrogen-bond acceptors (Lipinski definition) is 3. The molecule has 2 nitrogen and oxygen atoms in total. The molecule has 0 saturated heterocycles. The molecule has 0 spiro atoms. The van der Waals surface area contributed by atoms with Gasteiger partial charge < -0.3 is 5.73 Å². The number of anilines is 1. The van der Waals surface area contributed by atoms with Crippen LogP contribution in [-0.2, 0) is 5.41 Å². The summed E-state index contributed by atoms with van der Waals surface area (Å²) < 4.78 is 39.4. The molecule has 2 aromatic rings. The largest absolute Gasteiger partial charge is 0.389 e. The number of nitrogens with zero attached hydrogens (tertiary/aromatic N) is 1.